The molecule has 1 saturated carbocycles. The zero-order valence-corrected chi connectivity index (χ0v) is 15.3. The number of benzene rings is 1. The van der Waals surface area contributed by atoms with Gasteiger partial charge in [0, 0.05) is 10.5 Å². The number of nitrogens with one attached hydrogen (secondary N) is 1. The third-order valence-corrected chi connectivity index (χ3v) is 5.49. The third-order valence-electron chi connectivity index (χ3n) is 5.00. The van der Waals surface area contributed by atoms with Gasteiger partial charge >= 0.3 is 0 Å². The van der Waals surface area contributed by atoms with Gasteiger partial charge in [-0.2, -0.15) is 0 Å². The summed E-state index contributed by atoms with van der Waals surface area (Å²) in [4.78, 5) is 0. The second kappa shape index (κ2) is 8.33. The quantitative estimate of drug-likeness (QED) is 0.720. The van der Waals surface area contributed by atoms with Crippen molar-refractivity contribution < 1.29 is 0 Å². The molecule has 3 unspecified atom stereocenters. The van der Waals surface area contributed by atoms with Crippen molar-refractivity contribution >= 4 is 15.9 Å². The Morgan fingerprint density at radius 3 is 2.71 bits per heavy atom. The van der Waals surface area contributed by atoms with E-state index in [1.807, 2.05) is 0 Å². The van der Waals surface area contributed by atoms with E-state index in [0.29, 0.717) is 6.04 Å². The summed E-state index contributed by atoms with van der Waals surface area (Å²) in [5.74, 6) is 2.62. The Hall–Kier alpha value is -0.340. The first kappa shape index (κ1) is 17.0. The zero-order chi connectivity index (χ0) is 15.2. The lowest BCUT2D eigenvalue weighted by Gasteiger charge is -2.37. The third kappa shape index (κ3) is 5.41. The first-order valence-corrected chi connectivity index (χ1v) is 9.35. The Morgan fingerprint density at radius 2 is 2.05 bits per heavy atom. The molecule has 3 atom stereocenters. The molecule has 0 spiro atoms. The average molecular weight is 352 g/mol. The summed E-state index contributed by atoms with van der Waals surface area (Å²) in [6.07, 6.45) is 6.82. The Labute approximate surface area is 139 Å². The van der Waals surface area contributed by atoms with Gasteiger partial charge in [0.25, 0.3) is 0 Å². The summed E-state index contributed by atoms with van der Waals surface area (Å²) in [5.41, 5.74) is 1.49. The van der Waals surface area contributed by atoms with Gasteiger partial charge in [0.15, 0.2) is 0 Å². The van der Waals surface area contributed by atoms with Gasteiger partial charge in [-0.1, -0.05) is 61.7 Å². The molecule has 0 saturated heterocycles. The highest BCUT2D eigenvalue weighted by molar-refractivity contribution is 9.10. The Kier molecular flexibility index (Phi) is 6.75. The predicted molar refractivity (Wildman–Crippen MR) is 95.6 cm³/mol. The zero-order valence-electron chi connectivity index (χ0n) is 13.7. The maximum atomic E-state index is 3.67. The summed E-state index contributed by atoms with van der Waals surface area (Å²) in [7, 11) is 0. The lowest BCUT2D eigenvalue weighted by Crippen LogP contribution is -2.36. The number of rotatable bonds is 6. The standard InChI is InChI=1S/C19H30BrN/c1-4-15-8-9-17(13-21-14(2)3)18(10-15)11-16-6-5-7-19(20)12-16/h5-7,12,14-15,17-18,21H,4,8-11,13H2,1-3H3. The summed E-state index contributed by atoms with van der Waals surface area (Å²) < 4.78 is 1.21. The smallest absolute Gasteiger partial charge is 0.0177 e. The highest BCUT2D eigenvalue weighted by atomic mass is 79.9. The summed E-state index contributed by atoms with van der Waals surface area (Å²) in [6.45, 7) is 8.04. The molecule has 2 heteroatoms. The molecule has 118 valence electrons. The van der Waals surface area contributed by atoms with Crippen molar-refractivity contribution in [2.24, 2.45) is 17.8 Å². The van der Waals surface area contributed by atoms with Crippen molar-refractivity contribution in [1.29, 1.82) is 0 Å². The Bertz CT molecular complexity index is 429. The van der Waals surface area contributed by atoms with Crippen LogP contribution in [-0.4, -0.2) is 12.6 Å². The van der Waals surface area contributed by atoms with E-state index in [1.54, 1.807) is 0 Å². The number of halogens is 1. The lowest BCUT2D eigenvalue weighted by molar-refractivity contribution is 0.169. The van der Waals surface area contributed by atoms with Crippen molar-refractivity contribution in [3.05, 3.63) is 34.3 Å². The molecule has 1 aliphatic rings. The fraction of sp³-hybridized carbons (Fsp3) is 0.684. The van der Waals surface area contributed by atoms with Crippen LogP contribution in [0.2, 0.25) is 0 Å². The van der Waals surface area contributed by atoms with Crippen molar-refractivity contribution in [3.63, 3.8) is 0 Å². The molecule has 1 aromatic carbocycles. The van der Waals surface area contributed by atoms with Crippen molar-refractivity contribution in [2.75, 3.05) is 6.54 Å². The topological polar surface area (TPSA) is 12.0 Å². The van der Waals surface area contributed by atoms with E-state index >= 15 is 0 Å². The van der Waals surface area contributed by atoms with Crippen molar-refractivity contribution in [2.45, 2.75) is 58.9 Å². The molecule has 1 fully saturated rings. The molecule has 0 aliphatic heterocycles. The Balaban J connectivity index is 2.02. The largest absolute Gasteiger partial charge is 0.314 e. The second-order valence-corrected chi connectivity index (χ2v) is 7.92. The monoisotopic (exact) mass is 351 g/mol. The SMILES string of the molecule is CCC1CCC(CNC(C)C)C(Cc2cccc(Br)c2)C1. The summed E-state index contributed by atoms with van der Waals surface area (Å²) in [6, 6.07) is 9.47. The van der Waals surface area contributed by atoms with E-state index in [1.165, 1.54) is 48.7 Å². The molecule has 1 nitrogen and oxygen atoms in total. The van der Waals surface area contributed by atoms with Gasteiger partial charge in [0.2, 0.25) is 0 Å². The minimum Gasteiger partial charge on any atom is -0.314 e. The summed E-state index contributed by atoms with van der Waals surface area (Å²) in [5, 5.41) is 3.67. The van der Waals surface area contributed by atoms with Gasteiger partial charge in [-0.05, 0) is 61.3 Å². The van der Waals surface area contributed by atoms with Crippen LogP contribution in [0.15, 0.2) is 28.7 Å². The predicted octanol–water partition coefficient (Wildman–Crippen LogP) is 5.43. The molecule has 0 radical (unpaired) electrons. The maximum absolute atomic E-state index is 3.67. The van der Waals surface area contributed by atoms with Gasteiger partial charge < -0.3 is 5.32 Å². The molecular formula is C19H30BrN. The van der Waals surface area contributed by atoms with E-state index in [4.69, 9.17) is 0 Å². The lowest BCUT2D eigenvalue weighted by atomic mass is 9.71. The van der Waals surface area contributed by atoms with Crippen LogP contribution >= 0.6 is 15.9 Å². The van der Waals surface area contributed by atoms with E-state index < -0.39 is 0 Å². The highest BCUT2D eigenvalue weighted by Gasteiger charge is 2.29. The molecule has 0 heterocycles. The molecule has 1 aromatic rings. The average Bonchev–Trinajstić information content (AvgIpc) is 2.45. The molecule has 1 aliphatic carbocycles. The Morgan fingerprint density at radius 1 is 1.24 bits per heavy atom. The van der Waals surface area contributed by atoms with Gasteiger partial charge in [-0.15, -0.1) is 0 Å². The first-order valence-electron chi connectivity index (χ1n) is 8.56. The van der Waals surface area contributed by atoms with Crippen LogP contribution in [0.4, 0.5) is 0 Å². The normalized spacial score (nSPS) is 26.2. The fourth-order valence-corrected chi connectivity index (χ4v) is 4.11. The molecule has 0 aromatic heterocycles. The van der Waals surface area contributed by atoms with E-state index in [2.05, 4.69) is 66.3 Å². The van der Waals surface area contributed by atoms with Crippen molar-refractivity contribution in [3.8, 4) is 0 Å². The molecular weight excluding hydrogens is 322 g/mol. The van der Waals surface area contributed by atoms with Crippen molar-refractivity contribution in [1.82, 2.24) is 5.32 Å². The van der Waals surface area contributed by atoms with Gasteiger partial charge in [0.05, 0.1) is 0 Å². The van der Waals surface area contributed by atoms with Crippen LogP contribution in [0.1, 0.15) is 52.0 Å². The van der Waals surface area contributed by atoms with Crippen LogP contribution in [0.5, 0.6) is 0 Å². The van der Waals surface area contributed by atoms with Gasteiger partial charge in [0.1, 0.15) is 0 Å². The molecule has 21 heavy (non-hydrogen) atoms. The fourth-order valence-electron chi connectivity index (χ4n) is 3.67. The molecule has 1 N–H and O–H groups in total. The van der Waals surface area contributed by atoms with E-state index in [0.717, 1.165) is 17.8 Å². The molecule has 0 bridgehead atoms. The van der Waals surface area contributed by atoms with E-state index in [9.17, 15) is 0 Å². The van der Waals surface area contributed by atoms with Gasteiger partial charge in [-0.25, -0.2) is 0 Å². The van der Waals surface area contributed by atoms with Crippen LogP contribution in [0, 0.1) is 17.8 Å². The molecule has 2 rings (SSSR count). The molecule has 0 amide bonds. The first-order chi connectivity index (χ1) is 10.1. The van der Waals surface area contributed by atoms with Gasteiger partial charge in [-0.3, -0.25) is 0 Å². The highest BCUT2D eigenvalue weighted by Crippen LogP contribution is 2.37. The maximum Gasteiger partial charge on any atom is 0.0177 e. The minimum atomic E-state index is 0.598. The number of hydrogen-bond acceptors (Lipinski definition) is 1. The van der Waals surface area contributed by atoms with Crippen LogP contribution in [-0.2, 0) is 6.42 Å². The van der Waals surface area contributed by atoms with Crippen LogP contribution in [0.3, 0.4) is 0 Å². The van der Waals surface area contributed by atoms with Crippen LogP contribution < -0.4 is 5.32 Å². The second-order valence-electron chi connectivity index (χ2n) is 7.00. The van der Waals surface area contributed by atoms with E-state index in [-0.39, 0.29) is 0 Å². The summed E-state index contributed by atoms with van der Waals surface area (Å²) >= 11 is 3.61. The van der Waals surface area contributed by atoms with Crippen LogP contribution in [0.25, 0.3) is 0 Å². The number of hydrogen-bond donors (Lipinski definition) is 1. The minimum absolute atomic E-state index is 0.598.